The van der Waals surface area contributed by atoms with Gasteiger partial charge in [-0.1, -0.05) is 81.3 Å². The van der Waals surface area contributed by atoms with Crippen molar-refractivity contribution in [2.75, 3.05) is 6.61 Å². The average Bonchev–Trinajstić information content (AvgIpc) is 3.27. The molecule has 2 amide bonds. The molecule has 2 aromatic rings. The number of aliphatic hydroxyl groups is 1. The Hall–Kier alpha value is -2.94. The number of unbranched alkanes of at least 4 members (excludes halogenated alkanes) is 7. The van der Waals surface area contributed by atoms with E-state index in [1.165, 1.54) is 56.9 Å². The van der Waals surface area contributed by atoms with E-state index >= 15 is 0 Å². The Labute approximate surface area is 188 Å². The van der Waals surface area contributed by atoms with E-state index in [4.69, 9.17) is 14.7 Å². The van der Waals surface area contributed by atoms with Crippen LogP contribution in [0.15, 0.2) is 28.8 Å². The van der Waals surface area contributed by atoms with E-state index in [9.17, 15) is 9.59 Å². The van der Waals surface area contributed by atoms with Crippen molar-refractivity contribution >= 4 is 12.0 Å². The van der Waals surface area contributed by atoms with Gasteiger partial charge in [0.2, 0.25) is 17.6 Å². The fraction of sp³-hybridized carbons (Fsp3) is 0.565. The number of carbonyl (C=O) groups excluding carboxylic acids is 1. The lowest BCUT2D eigenvalue weighted by Gasteiger charge is -2.12. The summed E-state index contributed by atoms with van der Waals surface area (Å²) < 4.78 is 5.15. The highest BCUT2D eigenvalue weighted by atomic mass is 16.5. The molecule has 1 aromatic heterocycles. The minimum Gasteiger partial charge on any atom is -0.465 e. The lowest BCUT2D eigenvalue weighted by Crippen LogP contribution is -2.48. The van der Waals surface area contributed by atoms with Crippen LogP contribution in [0.2, 0.25) is 0 Å². The van der Waals surface area contributed by atoms with Crippen LogP contribution in [0.5, 0.6) is 0 Å². The van der Waals surface area contributed by atoms with Gasteiger partial charge in [-0.25, -0.2) is 4.79 Å². The van der Waals surface area contributed by atoms with Gasteiger partial charge in [-0.2, -0.15) is 4.98 Å². The number of carboxylic acid groups (broad SMARTS) is 1. The molecule has 0 saturated carbocycles. The first-order valence-electron chi connectivity index (χ1n) is 11.3. The van der Waals surface area contributed by atoms with Gasteiger partial charge >= 0.3 is 6.09 Å². The summed E-state index contributed by atoms with van der Waals surface area (Å²) in [7, 11) is 0. The van der Waals surface area contributed by atoms with Gasteiger partial charge in [-0.3, -0.25) is 4.79 Å². The number of carbonyl (C=O) groups is 2. The first-order chi connectivity index (χ1) is 15.5. The third-order valence-corrected chi connectivity index (χ3v) is 5.21. The zero-order chi connectivity index (χ0) is 23.2. The lowest BCUT2D eigenvalue weighted by atomic mass is 10.0. The molecule has 0 saturated heterocycles. The van der Waals surface area contributed by atoms with Crippen molar-refractivity contribution in [2.45, 2.75) is 77.3 Å². The molecule has 1 unspecified atom stereocenters. The third kappa shape index (κ3) is 9.05. The fourth-order valence-corrected chi connectivity index (χ4v) is 3.36. The second-order valence-corrected chi connectivity index (χ2v) is 7.84. The summed E-state index contributed by atoms with van der Waals surface area (Å²) in [5.41, 5.74) is 2.09. The van der Waals surface area contributed by atoms with E-state index in [1.807, 2.05) is 17.4 Å². The maximum absolute atomic E-state index is 11.9. The zero-order valence-corrected chi connectivity index (χ0v) is 18.7. The summed E-state index contributed by atoms with van der Waals surface area (Å²) in [6.07, 6.45) is 10.1. The maximum Gasteiger partial charge on any atom is 0.405 e. The van der Waals surface area contributed by atoms with Crippen LogP contribution >= 0.6 is 0 Å². The van der Waals surface area contributed by atoms with E-state index in [-0.39, 0.29) is 12.4 Å². The minimum absolute atomic E-state index is 0.0693. The number of aryl methyl sites for hydroxylation is 1. The van der Waals surface area contributed by atoms with Crippen molar-refractivity contribution in [1.29, 1.82) is 0 Å². The zero-order valence-electron chi connectivity index (χ0n) is 18.7. The van der Waals surface area contributed by atoms with Crippen LogP contribution in [0.1, 0.15) is 69.7 Å². The van der Waals surface area contributed by atoms with Crippen LogP contribution in [0.25, 0.3) is 11.4 Å². The molecule has 4 N–H and O–H groups in total. The van der Waals surface area contributed by atoms with Crippen LogP contribution in [0.3, 0.4) is 0 Å². The number of aromatic nitrogens is 2. The average molecular weight is 447 g/mol. The number of hydrogen-bond donors (Lipinski definition) is 4. The number of nitrogens with one attached hydrogen (secondary N) is 2. The quantitative estimate of drug-likeness (QED) is 0.306. The van der Waals surface area contributed by atoms with Crippen LogP contribution in [-0.4, -0.2) is 45.0 Å². The van der Waals surface area contributed by atoms with Crippen molar-refractivity contribution in [2.24, 2.45) is 0 Å². The number of rotatable bonds is 15. The van der Waals surface area contributed by atoms with Crippen LogP contribution in [0.4, 0.5) is 4.79 Å². The highest BCUT2D eigenvalue weighted by Crippen LogP contribution is 2.18. The molecule has 0 spiro atoms. The Balaban J connectivity index is 1.74. The van der Waals surface area contributed by atoms with E-state index in [1.54, 1.807) is 0 Å². The molecule has 0 aliphatic carbocycles. The molecule has 0 fully saturated rings. The van der Waals surface area contributed by atoms with E-state index < -0.39 is 24.6 Å². The summed E-state index contributed by atoms with van der Waals surface area (Å²) >= 11 is 0. The van der Waals surface area contributed by atoms with Crippen LogP contribution in [0, 0.1) is 0 Å². The Morgan fingerprint density at radius 2 is 1.69 bits per heavy atom. The van der Waals surface area contributed by atoms with Gasteiger partial charge in [0, 0.05) is 5.56 Å². The first kappa shape index (κ1) is 25.3. The van der Waals surface area contributed by atoms with Crippen molar-refractivity contribution in [3.8, 4) is 11.4 Å². The van der Waals surface area contributed by atoms with Crippen molar-refractivity contribution in [3.05, 3.63) is 35.7 Å². The fourth-order valence-electron chi connectivity index (χ4n) is 3.36. The van der Waals surface area contributed by atoms with Gasteiger partial charge in [0.15, 0.2) is 0 Å². The number of benzene rings is 1. The normalized spacial score (nSPS) is 11.8. The lowest BCUT2D eigenvalue weighted by molar-refractivity contribution is -0.124. The van der Waals surface area contributed by atoms with Gasteiger partial charge < -0.3 is 25.4 Å². The minimum atomic E-state index is -1.40. The van der Waals surface area contributed by atoms with Crippen LogP contribution < -0.4 is 10.6 Å². The second-order valence-electron chi connectivity index (χ2n) is 7.84. The molecule has 1 atom stereocenters. The molecule has 0 aliphatic rings. The van der Waals surface area contributed by atoms with Gasteiger partial charge in [0.1, 0.15) is 6.04 Å². The van der Waals surface area contributed by atoms with Gasteiger partial charge in [0.25, 0.3) is 0 Å². The van der Waals surface area contributed by atoms with Gasteiger partial charge in [-0.15, -0.1) is 0 Å². The SMILES string of the molecule is CCCCCCCCCCc1ccc(-c2noc(CNC(=O)C(CO)NC(=O)O)n2)cc1. The molecule has 2 rings (SSSR count). The molecular formula is C23H34N4O5. The van der Waals surface area contributed by atoms with Gasteiger partial charge in [0.05, 0.1) is 13.2 Å². The predicted molar refractivity (Wildman–Crippen MR) is 120 cm³/mol. The molecule has 0 aliphatic heterocycles. The summed E-state index contributed by atoms with van der Waals surface area (Å²) in [6, 6.07) is 6.77. The van der Waals surface area contributed by atoms with E-state index in [2.05, 4.69) is 34.5 Å². The molecule has 9 heteroatoms. The van der Waals surface area contributed by atoms with E-state index in [0.717, 1.165) is 12.0 Å². The Kier molecular flexibility index (Phi) is 11.2. The highest BCUT2D eigenvalue weighted by Gasteiger charge is 2.20. The van der Waals surface area contributed by atoms with Gasteiger partial charge in [-0.05, 0) is 18.4 Å². The number of nitrogens with zero attached hydrogens (tertiary/aromatic N) is 2. The molecule has 32 heavy (non-hydrogen) atoms. The molecule has 0 bridgehead atoms. The first-order valence-corrected chi connectivity index (χ1v) is 11.3. The summed E-state index contributed by atoms with van der Waals surface area (Å²) in [4.78, 5) is 26.8. The van der Waals surface area contributed by atoms with Crippen LogP contribution in [-0.2, 0) is 17.8 Å². The topological polar surface area (TPSA) is 138 Å². The summed E-state index contributed by atoms with van der Waals surface area (Å²) in [5, 5.41) is 26.1. The molecule has 1 aromatic carbocycles. The molecule has 1 heterocycles. The standard InChI is InChI=1S/C23H34N4O5/c1-2-3-4-5-6-7-8-9-10-17-11-13-18(14-12-17)21-26-20(32-27-21)15-24-22(29)19(16-28)25-23(30)31/h11-14,19,25,28H,2-10,15-16H2,1H3,(H,24,29)(H,30,31). The number of hydrogen-bond acceptors (Lipinski definition) is 6. The number of amides is 2. The monoisotopic (exact) mass is 446 g/mol. The smallest absolute Gasteiger partial charge is 0.405 e. The summed E-state index contributed by atoms with van der Waals surface area (Å²) in [5.74, 6) is -0.0846. The van der Waals surface area contributed by atoms with Crippen molar-refractivity contribution < 1.29 is 24.3 Å². The van der Waals surface area contributed by atoms with Crippen molar-refractivity contribution in [3.63, 3.8) is 0 Å². The number of aliphatic hydroxyl groups excluding tert-OH is 1. The Morgan fingerprint density at radius 1 is 1.03 bits per heavy atom. The largest absolute Gasteiger partial charge is 0.465 e. The second kappa shape index (κ2) is 14.2. The molecular weight excluding hydrogens is 412 g/mol. The third-order valence-electron chi connectivity index (χ3n) is 5.21. The molecule has 9 nitrogen and oxygen atoms in total. The molecule has 176 valence electrons. The summed E-state index contributed by atoms with van der Waals surface area (Å²) in [6.45, 7) is 1.51. The van der Waals surface area contributed by atoms with Crippen molar-refractivity contribution in [1.82, 2.24) is 20.8 Å². The highest BCUT2D eigenvalue weighted by molar-refractivity contribution is 5.85. The molecule has 0 radical (unpaired) electrons. The Morgan fingerprint density at radius 3 is 2.31 bits per heavy atom. The Bertz CT molecular complexity index is 822. The van der Waals surface area contributed by atoms with E-state index in [0.29, 0.717) is 5.82 Å². The predicted octanol–water partition coefficient (Wildman–Crippen LogP) is 3.66. The maximum atomic E-state index is 11.9.